The summed E-state index contributed by atoms with van der Waals surface area (Å²) in [4.78, 5) is 39.5. The molecule has 0 bridgehead atoms. The second-order valence-electron chi connectivity index (χ2n) is 8.48. The molecule has 0 unspecified atom stereocenters. The van der Waals surface area contributed by atoms with Crippen molar-refractivity contribution in [2.75, 3.05) is 13.2 Å². The van der Waals surface area contributed by atoms with Crippen molar-refractivity contribution >= 4 is 45.7 Å². The standard InChI is InChI=1S/C30H23NO5S/c1-20-6-4-9-24(18-20)35-17-16-31-28(32)27(37-30(31)34)19-21-12-14-23(15-13-21)36-29(33)26-11-5-8-22-7-2-3-10-25(22)26/h2-15,18-19H,16-17H2,1H3/b27-19-. The molecule has 7 heteroatoms. The number of amides is 2. The number of aryl methyl sites for hydroxylation is 1. The quantitative estimate of drug-likeness (QED) is 0.161. The predicted molar refractivity (Wildman–Crippen MR) is 145 cm³/mol. The third-order valence-electron chi connectivity index (χ3n) is 5.84. The molecule has 1 aliphatic heterocycles. The average Bonchev–Trinajstić information content (AvgIpc) is 3.17. The van der Waals surface area contributed by atoms with E-state index in [1.165, 1.54) is 4.90 Å². The molecule has 5 rings (SSSR count). The summed E-state index contributed by atoms with van der Waals surface area (Å²) in [5.41, 5.74) is 2.27. The second-order valence-corrected chi connectivity index (χ2v) is 9.48. The SMILES string of the molecule is Cc1cccc(OCCN2C(=O)S/C(=C\c3ccc(OC(=O)c4cccc5ccccc45)cc3)C2=O)c1. The molecule has 0 N–H and O–H groups in total. The van der Waals surface area contributed by atoms with Crippen LogP contribution in [-0.4, -0.2) is 35.2 Å². The van der Waals surface area contributed by atoms with Crippen LogP contribution in [0.3, 0.4) is 0 Å². The Kier molecular flexibility index (Phi) is 7.05. The number of hydrogen-bond donors (Lipinski definition) is 0. The Hall–Kier alpha value is -4.36. The molecule has 37 heavy (non-hydrogen) atoms. The van der Waals surface area contributed by atoms with Crippen molar-refractivity contribution < 1.29 is 23.9 Å². The lowest BCUT2D eigenvalue weighted by atomic mass is 10.0. The summed E-state index contributed by atoms with van der Waals surface area (Å²) in [6.45, 7) is 2.35. The van der Waals surface area contributed by atoms with Gasteiger partial charge in [0.1, 0.15) is 18.1 Å². The minimum atomic E-state index is -0.446. The third-order valence-corrected chi connectivity index (χ3v) is 6.75. The number of esters is 1. The van der Waals surface area contributed by atoms with Gasteiger partial charge in [-0.25, -0.2) is 4.79 Å². The number of ether oxygens (including phenoxy) is 2. The summed E-state index contributed by atoms with van der Waals surface area (Å²) in [5.74, 6) is 0.285. The first-order valence-electron chi connectivity index (χ1n) is 11.7. The van der Waals surface area contributed by atoms with Crippen LogP contribution in [0, 0.1) is 6.92 Å². The molecule has 6 nitrogen and oxygen atoms in total. The van der Waals surface area contributed by atoms with Crippen molar-refractivity contribution in [3.63, 3.8) is 0 Å². The topological polar surface area (TPSA) is 72.9 Å². The van der Waals surface area contributed by atoms with Gasteiger partial charge in [-0.15, -0.1) is 0 Å². The molecule has 2 amide bonds. The van der Waals surface area contributed by atoms with Crippen LogP contribution in [0.1, 0.15) is 21.5 Å². The molecule has 0 saturated carbocycles. The largest absolute Gasteiger partial charge is 0.492 e. The fourth-order valence-corrected chi connectivity index (χ4v) is 4.87. The zero-order valence-electron chi connectivity index (χ0n) is 20.0. The Bertz CT molecular complexity index is 1520. The van der Waals surface area contributed by atoms with Gasteiger partial charge in [0, 0.05) is 0 Å². The first-order chi connectivity index (χ1) is 18.0. The molecule has 0 aromatic heterocycles. The van der Waals surface area contributed by atoms with Gasteiger partial charge < -0.3 is 9.47 Å². The summed E-state index contributed by atoms with van der Waals surface area (Å²) in [6, 6.07) is 27.5. The first-order valence-corrected chi connectivity index (χ1v) is 12.5. The number of carbonyl (C=O) groups is 3. The van der Waals surface area contributed by atoms with Crippen molar-refractivity contribution in [2.45, 2.75) is 6.92 Å². The normalized spacial score (nSPS) is 14.4. The third kappa shape index (κ3) is 5.57. The molecule has 4 aromatic rings. The van der Waals surface area contributed by atoms with Gasteiger partial charge in [-0.2, -0.15) is 0 Å². The molecular formula is C30H23NO5S. The van der Waals surface area contributed by atoms with Gasteiger partial charge >= 0.3 is 5.97 Å². The molecule has 0 spiro atoms. The Morgan fingerprint density at radius 2 is 1.65 bits per heavy atom. The second kappa shape index (κ2) is 10.7. The molecule has 1 aliphatic rings. The number of nitrogens with zero attached hydrogens (tertiary/aromatic N) is 1. The van der Waals surface area contributed by atoms with Gasteiger partial charge in [-0.05, 0) is 77.0 Å². The number of hydrogen-bond acceptors (Lipinski definition) is 6. The van der Waals surface area contributed by atoms with Gasteiger partial charge in [0.25, 0.3) is 11.1 Å². The molecule has 4 aromatic carbocycles. The smallest absolute Gasteiger partial charge is 0.344 e. The molecule has 1 heterocycles. The summed E-state index contributed by atoms with van der Waals surface area (Å²) in [6.07, 6.45) is 1.66. The Balaban J connectivity index is 1.21. The van der Waals surface area contributed by atoms with Gasteiger partial charge in [0.15, 0.2) is 0 Å². The highest BCUT2D eigenvalue weighted by molar-refractivity contribution is 8.18. The Morgan fingerprint density at radius 1 is 0.892 bits per heavy atom. The fourth-order valence-electron chi connectivity index (χ4n) is 4.00. The molecule has 1 saturated heterocycles. The zero-order chi connectivity index (χ0) is 25.8. The van der Waals surface area contributed by atoms with Crippen LogP contribution < -0.4 is 9.47 Å². The van der Waals surface area contributed by atoms with Crippen molar-refractivity contribution in [1.82, 2.24) is 4.90 Å². The average molecular weight is 510 g/mol. The summed E-state index contributed by atoms with van der Waals surface area (Å²) in [5, 5.41) is 1.46. The Morgan fingerprint density at radius 3 is 2.46 bits per heavy atom. The van der Waals surface area contributed by atoms with Crippen molar-refractivity contribution in [3.8, 4) is 11.5 Å². The van der Waals surface area contributed by atoms with E-state index in [2.05, 4.69) is 0 Å². The van der Waals surface area contributed by atoms with Crippen molar-refractivity contribution in [2.24, 2.45) is 0 Å². The maximum Gasteiger partial charge on any atom is 0.344 e. The first kappa shape index (κ1) is 24.3. The zero-order valence-corrected chi connectivity index (χ0v) is 20.9. The van der Waals surface area contributed by atoms with Crippen LogP contribution in [-0.2, 0) is 4.79 Å². The van der Waals surface area contributed by atoms with Crippen molar-refractivity contribution in [1.29, 1.82) is 0 Å². The van der Waals surface area contributed by atoms with E-state index in [4.69, 9.17) is 9.47 Å². The number of rotatable bonds is 7. The van der Waals surface area contributed by atoms with E-state index in [1.54, 1.807) is 36.4 Å². The highest BCUT2D eigenvalue weighted by atomic mass is 32.2. The lowest BCUT2D eigenvalue weighted by Gasteiger charge is -2.13. The van der Waals surface area contributed by atoms with Crippen molar-refractivity contribution in [3.05, 3.63) is 113 Å². The van der Waals surface area contributed by atoms with Crippen LogP contribution in [0.4, 0.5) is 4.79 Å². The van der Waals surface area contributed by atoms with E-state index in [-0.39, 0.29) is 24.3 Å². The summed E-state index contributed by atoms with van der Waals surface area (Å²) in [7, 11) is 0. The Labute approximate surface area is 218 Å². The predicted octanol–water partition coefficient (Wildman–Crippen LogP) is 6.48. The lowest BCUT2D eigenvalue weighted by molar-refractivity contribution is -0.123. The highest BCUT2D eigenvalue weighted by Gasteiger charge is 2.34. The maximum absolute atomic E-state index is 12.8. The van der Waals surface area contributed by atoms with E-state index in [1.807, 2.05) is 67.6 Å². The molecule has 0 atom stereocenters. The lowest BCUT2D eigenvalue weighted by Crippen LogP contribution is -2.32. The minimum Gasteiger partial charge on any atom is -0.492 e. The highest BCUT2D eigenvalue weighted by Crippen LogP contribution is 2.32. The van der Waals surface area contributed by atoms with E-state index in [0.29, 0.717) is 27.5 Å². The monoisotopic (exact) mass is 509 g/mol. The van der Waals surface area contributed by atoms with Crippen LogP contribution in [0.15, 0.2) is 95.9 Å². The van der Waals surface area contributed by atoms with Gasteiger partial charge in [0.05, 0.1) is 17.0 Å². The minimum absolute atomic E-state index is 0.166. The van der Waals surface area contributed by atoms with Gasteiger partial charge in [-0.3, -0.25) is 14.5 Å². The van der Waals surface area contributed by atoms with Crippen LogP contribution >= 0.6 is 11.8 Å². The maximum atomic E-state index is 12.8. The summed E-state index contributed by atoms with van der Waals surface area (Å²) < 4.78 is 11.3. The number of carbonyl (C=O) groups excluding carboxylic acids is 3. The molecule has 0 radical (unpaired) electrons. The van der Waals surface area contributed by atoms with E-state index in [0.717, 1.165) is 28.1 Å². The molecular weight excluding hydrogens is 486 g/mol. The number of imide groups is 1. The van der Waals surface area contributed by atoms with E-state index in [9.17, 15) is 14.4 Å². The number of benzene rings is 4. The number of thioether (sulfide) groups is 1. The van der Waals surface area contributed by atoms with Gasteiger partial charge in [0.2, 0.25) is 0 Å². The van der Waals surface area contributed by atoms with E-state index < -0.39 is 5.97 Å². The summed E-state index contributed by atoms with van der Waals surface area (Å²) >= 11 is 0.896. The van der Waals surface area contributed by atoms with E-state index >= 15 is 0 Å². The van der Waals surface area contributed by atoms with Gasteiger partial charge in [-0.1, -0.05) is 60.7 Å². The van der Waals surface area contributed by atoms with Crippen LogP contribution in [0.5, 0.6) is 11.5 Å². The molecule has 0 aliphatic carbocycles. The molecule has 184 valence electrons. The van der Waals surface area contributed by atoms with Crippen LogP contribution in [0.25, 0.3) is 16.8 Å². The fraction of sp³-hybridized carbons (Fsp3) is 0.100. The molecule has 1 fully saturated rings. The number of fused-ring (bicyclic) bond motifs is 1. The van der Waals surface area contributed by atoms with Crippen LogP contribution in [0.2, 0.25) is 0 Å².